The maximum absolute atomic E-state index is 11.2. The van der Waals surface area contributed by atoms with Crippen LogP contribution >= 0.6 is 0 Å². The molecule has 0 spiro atoms. The van der Waals surface area contributed by atoms with Crippen molar-refractivity contribution in [3.05, 3.63) is 0 Å². The summed E-state index contributed by atoms with van der Waals surface area (Å²) in [6.45, 7) is 5.57. The molecule has 82 valence electrons. The first-order valence-electron chi connectivity index (χ1n) is 5.39. The molecule has 0 unspecified atom stereocenters. The Balaban J connectivity index is 2.08. The molecule has 1 rings (SSSR count). The van der Waals surface area contributed by atoms with E-state index >= 15 is 0 Å². The van der Waals surface area contributed by atoms with Crippen LogP contribution in [0.4, 0.5) is 4.79 Å². The highest BCUT2D eigenvalue weighted by Crippen LogP contribution is 2.05. The molecule has 2 atom stereocenters. The monoisotopic (exact) mass is 200 g/mol. The average molecular weight is 200 g/mol. The average Bonchev–Trinajstić information content (AvgIpc) is 2.52. The molecule has 0 saturated carbocycles. The number of nitrogens with one attached hydrogen (secondary N) is 2. The van der Waals surface area contributed by atoms with Gasteiger partial charge in [-0.25, -0.2) is 4.79 Å². The largest absolute Gasteiger partial charge is 0.450 e. The van der Waals surface area contributed by atoms with E-state index < -0.39 is 0 Å². The van der Waals surface area contributed by atoms with Crippen LogP contribution in [0.15, 0.2) is 0 Å². The van der Waals surface area contributed by atoms with Crippen LogP contribution in [0, 0.1) is 0 Å². The van der Waals surface area contributed by atoms with Gasteiger partial charge in [-0.15, -0.1) is 0 Å². The number of carbonyl (C=O) groups excluding carboxylic acids is 1. The first-order valence-corrected chi connectivity index (χ1v) is 5.39. The van der Waals surface area contributed by atoms with E-state index in [1.54, 1.807) is 0 Å². The molecule has 1 saturated heterocycles. The highest BCUT2D eigenvalue weighted by Gasteiger charge is 2.22. The number of hydrogen-bond donors (Lipinski definition) is 2. The molecule has 1 fully saturated rings. The Bertz CT molecular complexity index is 185. The third-order valence-electron chi connectivity index (χ3n) is 2.40. The third kappa shape index (κ3) is 3.96. The van der Waals surface area contributed by atoms with Gasteiger partial charge in [0.25, 0.3) is 0 Å². The quantitative estimate of drug-likeness (QED) is 0.672. The van der Waals surface area contributed by atoms with Gasteiger partial charge in [0.1, 0.15) is 0 Å². The normalized spacial score (nSPS) is 26.1. The van der Waals surface area contributed by atoms with E-state index in [0.717, 1.165) is 25.8 Å². The summed E-state index contributed by atoms with van der Waals surface area (Å²) in [6, 6.07) is 0.732. The number of carbonyl (C=O) groups is 1. The molecule has 4 nitrogen and oxygen atoms in total. The zero-order chi connectivity index (χ0) is 10.4. The van der Waals surface area contributed by atoms with Crippen LogP contribution in [0.25, 0.3) is 0 Å². The first-order chi connectivity index (χ1) is 6.72. The number of ether oxygens (including phenoxy) is 1. The van der Waals surface area contributed by atoms with E-state index in [1.807, 2.05) is 0 Å². The predicted octanol–water partition coefficient (Wildman–Crippen LogP) is 1.26. The maximum atomic E-state index is 11.2. The molecule has 0 radical (unpaired) electrons. The van der Waals surface area contributed by atoms with Gasteiger partial charge in [0.05, 0.1) is 6.61 Å². The van der Waals surface area contributed by atoms with Crippen LogP contribution in [-0.4, -0.2) is 31.3 Å². The van der Waals surface area contributed by atoms with Crippen molar-refractivity contribution >= 4 is 6.09 Å². The molecule has 1 heterocycles. The fourth-order valence-electron chi connectivity index (χ4n) is 1.56. The van der Waals surface area contributed by atoms with Crippen molar-refractivity contribution in [2.45, 2.75) is 45.2 Å². The molecule has 0 bridgehead atoms. The van der Waals surface area contributed by atoms with Crippen LogP contribution in [0.2, 0.25) is 0 Å². The summed E-state index contributed by atoms with van der Waals surface area (Å²) < 4.78 is 5.00. The van der Waals surface area contributed by atoms with E-state index in [-0.39, 0.29) is 12.1 Å². The molecule has 14 heavy (non-hydrogen) atoms. The van der Waals surface area contributed by atoms with Gasteiger partial charge in [-0.3, -0.25) is 0 Å². The summed E-state index contributed by atoms with van der Waals surface area (Å²) in [5.41, 5.74) is 0. The number of unbranched alkanes of at least 4 members (excludes halogenated alkanes) is 1. The Morgan fingerprint density at radius 1 is 1.64 bits per heavy atom. The van der Waals surface area contributed by atoms with Gasteiger partial charge in [0.2, 0.25) is 0 Å². The van der Waals surface area contributed by atoms with Gasteiger partial charge in [-0.05, 0) is 19.8 Å². The number of hydrogen-bond acceptors (Lipinski definition) is 3. The second kappa shape index (κ2) is 5.86. The van der Waals surface area contributed by atoms with Crippen LogP contribution in [0.3, 0.4) is 0 Å². The predicted molar refractivity (Wildman–Crippen MR) is 55.3 cm³/mol. The smallest absolute Gasteiger partial charge is 0.407 e. The van der Waals surface area contributed by atoms with Gasteiger partial charge in [-0.2, -0.15) is 0 Å². The number of amides is 1. The standard InChI is InChI=1S/C10H20N2O2/c1-3-4-5-14-10(13)12-9-6-8(2)11-7-9/h8-9,11H,3-7H2,1-2H3,(H,12,13)/t8-,9-/m0/s1. The van der Waals surface area contributed by atoms with E-state index in [2.05, 4.69) is 24.5 Å². The van der Waals surface area contributed by atoms with E-state index in [9.17, 15) is 4.79 Å². The summed E-state index contributed by atoms with van der Waals surface area (Å²) in [4.78, 5) is 11.2. The Labute approximate surface area is 85.4 Å². The van der Waals surface area contributed by atoms with Crippen molar-refractivity contribution in [2.75, 3.05) is 13.2 Å². The van der Waals surface area contributed by atoms with E-state index in [4.69, 9.17) is 4.74 Å². The lowest BCUT2D eigenvalue weighted by molar-refractivity contribution is 0.141. The van der Waals surface area contributed by atoms with Crippen molar-refractivity contribution in [3.8, 4) is 0 Å². The zero-order valence-electron chi connectivity index (χ0n) is 9.01. The van der Waals surface area contributed by atoms with E-state index in [1.165, 1.54) is 0 Å². The number of alkyl carbamates (subject to hydrolysis) is 1. The Hall–Kier alpha value is -0.770. The summed E-state index contributed by atoms with van der Waals surface area (Å²) in [7, 11) is 0. The topological polar surface area (TPSA) is 50.4 Å². The third-order valence-corrected chi connectivity index (χ3v) is 2.40. The molecule has 0 aromatic rings. The van der Waals surface area contributed by atoms with Crippen molar-refractivity contribution in [2.24, 2.45) is 0 Å². The second-order valence-electron chi connectivity index (χ2n) is 3.88. The lowest BCUT2D eigenvalue weighted by atomic mass is 10.2. The molecule has 1 amide bonds. The highest BCUT2D eigenvalue weighted by atomic mass is 16.5. The van der Waals surface area contributed by atoms with Gasteiger partial charge in [-0.1, -0.05) is 13.3 Å². The minimum absolute atomic E-state index is 0.235. The summed E-state index contributed by atoms with van der Waals surface area (Å²) in [5, 5.41) is 6.12. The lowest BCUT2D eigenvalue weighted by Gasteiger charge is -2.11. The molecular weight excluding hydrogens is 180 g/mol. The molecule has 0 aromatic heterocycles. The van der Waals surface area contributed by atoms with Crippen LogP contribution < -0.4 is 10.6 Å². The lowest BCUT2D eigenvalue weighted by Crippen LogP contribution is -2.36. The van der Waals surface area contributed by atoms with Gasteiger partial charge >= 0.3 is 6.09 Å². The molecule has 2 N–H and O–H groups in total. The van der Waals surface area contributed by atoms with Gasteiger partial charge in [0, 0.05) is 18.6 Å². The Kier molecular flexibility index (Phi) is 4.73. The second-order valence-corrected chi connectivity index (χ2v) is 3.88. The summed E-state index contributed by atoms with van der Waals surface area (Å²) in [5.74, 6) is 0. The van der Waals surface area contributed by atoms with Crippen LogP contribution in [0.1, 0.15) is 33.1 Å². The zero-order valence-corrected chi connectivity index (χ0v) is 9.01. The molecule has 0 aliphatic carbocycles. The molecule has 1 aliphatic heterocycles. The summed E-state index contributed by atoms with van der Waals surface area (Å²) >= 11 is 0. The molecule has 4 heteroatoms. The minimum Gasteiger partial charge on any atom is -0.450 e. The summed E-state index contributed by atoms with van der Waals surface area (Å²) in [6.07, 6.45) is 2.70. The van der Waals surface area contributed by atoms with Crippen LogP contribution in [0.5, 0.6) is 0 Å². The first kappa shape index (κ1) is 11.3. The Morgan fingerprint density at radius 3 is 3.00 bits per heavy atom. The maximum Gasteiger partial charge on any atom is 0.407 e. The van der Waals surface area contributed by atoms with Gasteiger partial charge in [0.15, 0.2) is 0 Å². The fraction of sp³-hybridized carbons (Fsp3) is 0.900. The number of rotatable bonds is 4. The molecule has 0 aromatic carbocycles. The van der Waals surface area contributed by atoms with Gasteiger partial charge < -0.3 is 15.4 Å². The van der Waals surface area contributed by atoms with Crippen LogP contribution in [-0.2, 0) is 4.74 Å². The SMILES string of the molecule is CCCCOC(=O)N[C@@H]1CN[C@@H](C)C1. The highest BCUT2D eigenvalue weighted by molar-refractivity contribution is 5.67. The molecule has 1 aliphatic rings. The molecular formula is C10H20N2O2. The van der Waals surface area contributed by atoms with Crippen molar-refractivity contribution in [1.29, 1.82) is 0 Å². The van der Waals surface area contributed by atoms with Crippen molar-refractivity contribution < 1.29 is 9.53 Å². The fourth-order valence-corrected chi connectivity index (χ4v) is 1.56. The minimum atomic E-state index is -0.278. The van der Waals surface area contributed by atoms with Crippen molar-refractivity contribution in [3.63, 3.8) is 0 Å². The van der Waals surface area contributed by atoms with Crippen molar-refractivity contribution in [1.82, 2.24) is 10.6 Å². The van der Waals surface area contributed by atoms with E-state index in [0.29, 0.717) is 12.6 Å². The Morgan fingerprint density at radius 2 is 2.43 bits per heavy atom.